The average Bonchev–Trinajstić information content (AvgIpc) is 2.50. The number of hydrogen-bond donors (Lipinski definition) is 0. The summed E-state index contributed by atoms with van der Waals surface area (Å²) in [4.78, 5) is 0. The van der Waals surface area contributed by atoms with Crippen LogP contribution in [0.4, 0.5) is 0 Å². The number of nitrogens with zero attached hydrogens (tertiary/aromatic N) is 1. The van der Waals surface area contributed by atoms with Crippen molar-refractivity contribution in [2.45, 2.75) is 6.92 Å². The fourth-order valence-electron chi connectivity index (χ4n) is 1.21. The first kappa shape index (κ1) is 13.6. The molecule has 2 aromatic rings. The Morgan fingerprint density at radius 1 is 1.27 bits per heavy atom. The smallest absolute Gasteiger partial charge is 0.804 e. The maximum Gasteiger partial charge on any atom is 1.00 e. The summed E-state index contributed by atoms with van der Waals surface area (Å²) < 4.78 is 1.16. The van der Waals surface area contributed by atoms with Crippen LogP contribution in [-0.4, -0.2) is 4.73 Å². The van der Waals surface area contributed by atoms with Crippen molar-refractivity contribution in [2.24, 2.45) is 0 Å². The number of hydrogen-bond acceptors (Lipinski definition) is 3. The van der Waals surface area contributed by atoms with Crippen molar-refractivity contribution in [1.82, 2.24) is 4.73 Å². The molecule has 0 aliphatic carbocycles. The largest absolute Gasteiger partial charge is 1.00 e. The standard InChI is InChI=1S/C10H8NOS2.K/c1-7-2-4-8(5-3-7)9-6-14-10(13)11(9)12;/h2-6H,1H3;/q-1;+1. The molecule has 0 amide bonds. The van der Waals surface area contributed by atoms with Crippen LogP contribution in [0.2, 0.25) is 0 Å². The summed E-state index contributed by atoms with van der Waals surface area (Å²) in [7, 11) is 0. The molecular formula is C10H8KNOS2. The SMILES string of the molecule is Cc1ccc(-c2csc(=S)n2[O-])cc1.[K+]. The first-order valence-electron chi connectivity index (χ1n) is 4.13. The summed E-state index contributed by atoms with van der Waals surface area (Å²) >= 11 is 6.16. The van der Waals surface area contributed by atoms with Gasteiger partial charge in [0.05, 0.1) is 5.69 Å². The molecule has 0 N–H and O–H groups in total. The van der Waals surface area contributed by atoms with Crippen LogP contribution in [0.5, 0.6) is 0 Å². The molecule has 0 aliphatic rings. The van der Waals surface area contributed by atoms with E-state index in [2.05, 4.69) is 0 Å². The second-order valence-corrected chi connectivity index (χ2v) is 4.55. The van der Waals surface area contributed by atoms with Gasteiger partial charge in [0, 0.05) is 5.38 Å². The molecule has 5 heteroatoms. The van der Waals surface area contributed by atoms with E-state index in [1.807, 2.05) is 31.2 Å². The summed E-state index contributed by atoms with van der Waals surface area (Å²) in [5.41, 5.74) is 2.73. The molecule has 15 heavy (non-hydrogen) atoms. The number of thiazole rings is 1. The van der Waals surface area contributed by atoms with E-state index in [0.717, 1.165) is 10.3 Å². The quantitative estimate of drug-likeness (QED) is 0.555. The second-order valence-electron chi connectivity index (χ2n) is 3.05. The van der Waals surface area contributed by atoms with Crippen LogP contribution in [0.15, 0.2) is 29.6 Å². The molecule has 2 nitrogen and oxygen atoms in total. The molecule has 0 saturated carbocycles. The van der Waals surface area contributed by atoms with Gasteiger partial charge in [-0.2, -0.15) is 0 Å². The molecule has 1 aromatic carbocycles. The summed E-state index contributed by atoms with van der Waals surface area (Å²) in [6.07, 6.45) is 0. The van der Waals surface area contributed by atoms with Crippen LogP contribution in [0.1, 0.15) is 5.56 Å². The predicted molar refractivity (Wildman–Crippen MR) is 62.1 cm³/mol. The maximum atomic E-state index is 11.5. The molecule has 0 bridgehead atoms. The molecule has 0 spiro atoms. The van der Waals surface area contributed by atoms with Crippen molar-refractivity contribution in [3.63, 3.8) is 0 Å². The normalized spacial score (nSPS) is 9.67. The third kappa shape index (κ3) is 3.00. The van der Waals surface area contributed by atoms with E-state index in [9.17, 15) is 5.21 Å². The Bertz CT molecular complexity index is 501. The van der Waals surface area contributed by atoms with Crippen molar-refractivity contribution >= 4 is 23.6 Å². The van der Waals surface area contributed by atoms with Gasteiger partial charge in [-0.25, -0.2) is 0 Å². The van der Waals surface area contributed by atoms with E-state index in [1.165, 1.54) is 16.9 Å². The van der Waals surface area contributed by atoms with Gasteiger partial charge in [0.25, 0.3) is 0 Å². The number of rotatable bonds is 1. The first-order chi connectivity index (χ1) is 6.68. The molecule has 0 unspecified atom stereocenters. The average molecular weight is 261 g/mol. The third-order valence-corrected chi connectivity index (χ3v) is 3.17. The van der Waals surface area contributed by atoms with Gasteiger partial charge >= 0.3 is 51.4 Å². The summed E-state index contributed by atoms with van der Waals surface area (Å²) in [5.74, 6) is 0. The zero-order valence-corrected chi connectivity index (χ0v) is 13.3. The van der Waals surface area contributed by atoms with Gasteiger partial charge in [-0.1, -0.05) is 29.8 Å². The van der Waals surface area contributed by atoms with E-state index < -0.39 is 0 Å². The Hall–Kier alpha value is 0.506. The van der Waals surface area contributed by atoms with Gasteiger partial charge in [-0.15, -0.1) is 11.3 Å². The van der Waals surface area contributed by atoms with Crippen LogP contribution in [-0.2, 0) is 0 Å². The van der Waals surface area contributed by atoms with Crippen molar-refractivity contribution in [2.75, 3.05) is 0 Å². The van der Waals surface area contributed by atoms with Gasteiger partial charge in [-0.3, -0.25) is 0 Å². The zero-order valence-electron chi connectivity index (χ0n) is 8.56. The Labute approximate surface area is 140 Å². The Morgan fingerprint density at radius 3 is 2.33 bits per heavy atom. The molecule has 1 aromatic heterocycles. The molecule has 1 heterocycles. The molecule has 0 saturated heterocycles. The van der Waals surface area contributed by atoms with Gasteiger partial charge in [0.15, 0.2) is 3.95 Å². The molecule has 0 fully saturated rings. The fraction of sp³-hybridized carbons (Fsp3) is 0.100. The van der Waals surface area contributed by atoms with Crippen molar-refractivity contribution in [1.29, 1.82) is 0 Å². The van der Waals surface area contributed by atoms with E-state index in [1.54, 1.807) is 5.38 Å². The summed E-state index contributed by atoms with van der Waals surface area (Å²) in [5, 5.41) is 13.3. The van der Waals surface area contributed by atoms with Gasteiger partial charge in [0.1, 0.15) is 0 Å². The van der Waals surface area contributed by atoms with Gasteiger partial charge < -0.3 is 9.94 Å². The van der Waals surface area contributed by atoms with Crippen molar-refractivity contribution in [3.8, 4) is 11.3 Å². The van der Waals surface area contributed by atoms with Crippen molar-refractivity contribution in [3.05, 3.63) is 44.4 Å². The van der Waals surface area contributed by atoms with Crippen LogP contribution < -0.4 is 51.4 Å². The van der Waals surface area contributed by atoms with Crippen LogP contribution in [0.25, 0.3) is 11.3 Å². The Balaban J connectivity index is 0.00000112. The van der Waals surface area contributed by atoms with Crippen LogP contribution in [0, 0.1) is 16.1 Å². The van der Waals surface area contributed by atoms with Gasteiger partial charge in [-0.05, 0) is 24.7 Å². The zero-order chi connectivity index (χ0) is 10.1. The molecule has 0 radical (unpaired) electrons. The molecule has 0 atom stereocenters. The minimum Gasteiger partial charge on any atom is -0.804 e. The number of aromatic nitrogens is 1. The minimum absolute atomic E-state index is 0. The summed E-state index contributed by atoms with van der Waals surface area (Å²) in [6, 6.07) is 7.83. The molecule has 72 valence electrons. The first-order valence-corrected chi connectivity index (χ1v) is 5.42. The van der Waals surface area contributed by atoms with E-state index in [-0.39, 0.29) is 51.4 Å². The second kappa shape index (κ2) is 5.72. The van der Waals surface area contributed by atoms with E-state index in [4.69, 9.17) is 12.2 Å². The van der Waals surface area contributed by atoms with E-state index >= 15 is 0 Å². The van der Waals surface area contributed by atoms with Gasteiger partial charge in [0.2, 0.25) is 0 Å². The topological polar surface area (TPSA) is 28.0 Å². The fourth-order valence-corrected chi connectivity index (χ4v) is 2.09. The predicted octanol–water partition coefficient (Wildman–Crippen LogP) is 0.604. The Morgan fingerprint density at radius 2 is 1.87 bits per heavy atom. The molecular weight excluding hydrogens is 253 g/mol. The number of aryl methyl sites for hydroxylation is 1. The third-order valence-electron chi connectivity index (χ3n) is 2.00. The monoisotopic (exact) mass is 261 g/mol. The van der Waals surface area contributed by atoms with Crippen molar-refractivity contribution < 1.29 is 51.4 Å². The maximum absolute atomic E-state index is 11.5. The van der Waals surface area contributed by atoms with Crippen LogP contribution >= 0.6 is 23.6 Å². The minimum atomic E-state index is 0. The van der Waals surface area contributed by atoms with E-state index in [0.29, 0.717) is 9.65 Å². The number of benzene rings is 1. The summed E-state index contributed by atoms with van der Waals surface area (Å²) in [6.45, 7) is 2.02. The van der Waals surface area contributed by atoms with Crippen LogP contribution in [0.3, 0.4) is 0 Å². The molecule has 2 rings (SSSR count). The Kier molecular flexibility index (Phi) is 5.18. The molecule has 0 aliphatic heterocycles.